The Bertz CT molecular complexity index is 726. The van der Waals surface area contributed by atoms with Gasteiger partial charge < -0.3 is 14.7 Å². The van der Waals surface area contributed by atoms with Crippen LogP contribution in [0.15, 0.2) is 52.5 Å². The van der Waals surface area contributed by atoms with E-state index < -0.39 is 10.8 Å². The molecular formula is C17H19NO4S. The lowest BCUT2D eigenvalue weighted by Crippen LogP contribution is -2.13. The average molecular weight is 333 g/mol. The molecule has 6 heteroatoms. The largest absolute Gasteiger partial charge is 0.493 e. The van der Waals surface area contributed by atoms with Crippen LogP contribution in [0.3, 0.4) is 0 Å². The Labute approximate surface area is 138 Å². The van der Waals surface area contributed by atoms with Crippen LogP contribution in [0, 0.1) is 6.92 Å². The molecule has 2 aromatic rings. The topological polar surface area (TPSA) is 68.1 Å². The predicted molar refractivity (Wildman–Crippen MR) is 90.3 cm³/mol. The Kier molecular flexibility index (Phi) is 5.76. The standard InChI is InChI=1S/C17H19NO4S/c1-12-4-7-14(8-5-12)23(20)11-15(18-19)13-6-9-16(21-2)17(10-13)22-3/h4-10,19H,11H2,1-3H3/b18-15-. The fraction of sp³-hybridized carbons (Fsp3) is 0.235. The van der Waals surface area contributed by atoms with E-state index in [4.69, 9.17) is 9.47 Å². The molecule has 0 aromatic heterocycles. The third kappa shape index (κ3) is 4.10. The van der Waals surface area contributed by atoms with Crippen molar-refractivity contribution in [2.75, 3.05) is 20.0 Å². The van der Waals surface area contributed by atoms with Gasteiger partial charge in [0.2, 0.25) is 0 Å². The molecule has 0 amide bonds. The van der Waals surface area contributed by atoms with Gasteiger partial charge in [-0.25, -0.2) is 0 Å². The van der Waals surface area contributed by atoms with Crippen molar-refractivity contribution in [1.29, 1.82) is 0 Å². The van der Waals surface area contributed by atoms with E-state index in [1.165, 1.54) is 7.11 Å². The SMILES string of the molecule is COc1ccc(/C(CS(=O)c2ccc(C)cc2)=N\O)cc1OC. The summed E-state index contributed by atoms with van der Waals surface area (Å²) in [6.07, 6.45) is 0. The van der Waals surface area contributed by atoms with Gasteiger partial charge >= 0.3 is 0 Å². The summed E-state index contributed by atoms with van der Waals surface area (Å²) >= 11 is 0. The maximum Gasteiger partial charge on any atom is 0.161 e. The number of aryl methyl sites for hydroxylation is 1. The molecule has 0 heterocycles. The van der Waals surface area contributed by atoms with Crippen LogP contribution in [0.25, 0.3) is 0 Å². The number of hydrogen-bond donors (Lipinski definition) is 1. The number of methoxy groups -OCH3 is 2. The van der Waals surface area contributed by atoms with Crippen molar-refractivity contribution >= 4 is 16.5 Å². The van der Waals surface area contributed by atoms with Gasteiger partial charge in [0, 0.05) is 10.5 Å². The molecule has 122 valence electrons. The van der Waals surface area contributed by atoms with Crippen LogP contribution >= 0.6 is 0 Å². The first-order valence-corrected chi connectivity index (χ1v) is 8.29. The first kappa shape index (κ1) is 17.0. The summed E-state index contributed by atoms with van der Waals surface area (Å²) < 4.78 is 22.9. The number of ether oxygens (including phenoxy) is 2. The monoisotopic (exact) mass is 333 g/mol. The normalized spacial score (nSPS) is 12.7. The third-order valence-electron chi connectivity index (χ3n) is 3.39. The smallest absolute Gasteiger partial charge is 0.161 e. The summed E-state index contributed by atoms with van der Waals surface area (Å²) in [6.45, 7) is 1.97. The van der Waals surface area contributed by atoms with E-state index >= 15 is 0 Å². The van der Waals surface area contributed by atoms with Crippen molar-refractivity contribution in [2.45, 2.75) is 11.8 Å². The summed E-state index contributed by atoms with van der Waals surface area (Å²) in [7, 11) is 1.78. The minimum Gasteiger partial charge on any atom is -0.493 e. The second-order valence-corrected chi connectivity index (χ2v) is 6.37. The molecule has 1 N–H and O–H groups in total. The van der Waals surface area contributed by atoms with E-state index in [2.05, 4.69) is 5.16 Å². The van der Waals surface area contributed by atoms with E-state index in [0.717, 1.165) is 5.56 Å². The summed E-state index contributed by atoms with van der Waals surface area (Å²) in [5.74, 6) is 1.20. The van der Waals surface area contributed by atoms with Gasteiger partial charge in [-0.3, -0.25) is 4.21 Å². The Morgan fingerprint density at radius 3 is 2.30 bits per heavy atom. The van der Waals surface area contributed by atoms with Crippen LogP contribution < -0.4 is 9.47 Å². The lowest BCUT2D eigenvalue weighted by molar-refractivity contribution is 0.319. The summed E-state index contributed by atoms with van der Waals surface area (Å²) in [5.41, 5.74) is 2.05. The van der Waals surface area contributed by atoms with Gasteiger partial charge in [0.15, 0.2) is 11.5 Å². The molecule has 0 aliphatic rings. The third-order valence-corrected chi connectivity index (χ3v) is 4.72. The molecule has 0 saturated carbocycles. The molecule has 2 rings (SSSR count). The molecule has 0 aliphatic heterocycles. The zero-order valence-electron chi connectivity index (χ0n) is 13.3. The quantitative estimate of drug-likeness (QED) is 0.501. The van der Waals surface area contributed by atoms with Crippen molar-refractivity contribution < 1.29 is 18.9 Å². The Morgan fingerprint density at radius 2 is 1.74 bits per heavy atom. The van der Waals surface area contributed by atoms with E-state index in [9.17, 15) is 9.42 Å². The number of nitrogens with zero attached hydrogens (tertiary/aromatic N) is 1. The van der Waals surface area contributed by atoms with Gasteiger partial charge in [0.1, 0.15) is 0 Å². The second-order valence-electron chi connectivity index (χ2n) is 4.92. The van der Waals surface area contributed by atoms with Crippen molar-refractivity contribution in [3.05, 3.63) is 53.6 Å². The number of benzene rings is 2. The van der Waals surface area contributed by atoms with E-state index in [1.807, 2.05) is 31.2 Å². The lowest BCUT2D eigenvalue weighted by Gasteiger charge is -2.10. The maximum absolute atomic E-state index is 12.4. The highest BCUT2D eigenvalue weighted by Gasteiger charge is 2.14. The molecule has 23 heavy (non-hydrogen) atoms. The lowest BCUT2D eigenvalue weighted by atomic mass is 10.1. The fourth-order valence-electron chi connectivity index (χ4n) is 2.08. The van der Waals surface area contributed by atoms with Gasteiger partial charge in [-0.1, -0.05) is 22.9 Å². The molecule has 1 unspecified atom stereocenters. The summed E-state index contributed by atoms with van der Waals surface area (Å²) in [6, 6.07) is 12.6. The molecule has 5 nitrogen and oxygen atoms in total. The number of rotatable bonds is 6. The van der Waals surface area contributed by atoms with E-state index in [0.29, 0.717) is 27.7 Å². The molecule has 0 spiro atoms. The summed E-state index contributed by atoms with van der Waals surface area (Å²) in [5, 5.41) is 12.6. The van der Waals surface area contributed by atoms with Crippen molar-refractivity contribution in [2.24, 2.45) is 5.16 Å². The van der Waals surface area contributed by atoms with Crippen LogP contribution in [-0.2, 0) is 10.8 Å². The van der Waals surface area contributed by atoms with E-state index in [1.54, 1.807) is 25.3 Å². The molecule has 0 radical (unpaired) electrons. The molecule has 0 saturated heterocycles. The Morgan fingerprint density at radius 1 is 1.09 bits per heavy atom. The van der Waals surface area contributed by atoms with Gasteiger partial charge in [0.05, 0.1) is 36.5 Å². The minimum absolute atomic E-state index is 0.106. The highest BCUT2D eigenvalue weighted by Crippen LogP contribution is 2.28. The van der Waals surface area contributed by atoms with Crippen LogP contribution in [0.4, 0.5) is 0 Å². The van der Waals surface area contributed by atoms with Crippen LogP contribution in [0.5, 0.6) is 11.5 Å². The minimum atomic E-state index is -1.30. The van der Waals surface area contributed by atoms with Crippen LogP contribution in [0.2, 0.25) is 0 Å². The first-order valence-electron chi connectivity index (χ1n) is 6.97. The number of oxime groups is 1. The predicted octanol–water partition coefficient (Wildman–Crippen LogP) is 3.00. The molecular weight excluding hydrogens is 314 g/mol. The fourth-order valence-corrected chi connectivity index (χ4v) is 3.16. The zero-order chi connectivity index (χ0) is 16.8. The van der Waals surface area contributed by atoms with Gasteiger partial charge in [0.25, 0.3) is 0 Å². The molecule has 2 aromatic carbocycles. The Hall–Kier alpha value is -2.34. The van der Waals surface area contributed by atoms with Crippen molar-refractivity contribution in [3.8, 4) is 11.5 Å². The molecule has 0 fully saturated rings. The first-order chi connectivity index (χ1) is 11.1. The Balaban J connectivity index is 2.23. The second kappa shape index (κ2) is 7.78. The van der Waals surface area contributed by atoms with Gasteiger partial charge in [-0.05, 0) is 37.3 Å². The van der Waals surface area contributed by atoms with Crippen LogP contribution in [0.1, 0.15) is 11.1 Å². The van der Waals surface area contributed by atoms with Gasteiger partial charge in [-0.15, -0.1) is 0 Å². The molecule has 0 aliphatic carbocycles. The van der Waals surface area contributed by atoms with E-state index in [-0.39, 0.29) is 5.75 Å². The molecule has 1 atom stereocenters. The van der Waals surface area contributed by atoms with Crippen LogP contribution in [-0.4, -0.2) is 35.1 Å². The highest BCUT2D eigenvalue weighted by molar-refractivity contribution is 7.85. The van der Waals surface area contributed by atoms with Gasteiger partial charge in [-0.2, -0.15) is 0 Å². The molecule has 0 bridgehead atoms. The maximum atomic E-state index is 12.4. The zero-order valence-corrected chi connectivity index (χ0v) is 14.1. The highest BCUT2D eigenvalue weighted by atomic mass is 32.2. The van der Waals surface area contributed by atoms with Crippen molar-refractivity contribution in [1.82, 2.24) is 0 Å². The average Bonchev–Trinajstić information content (AvgIpc) is 2.59. The van der Waals surface area contributed by atoms with Crippen molar-refractivity contribution in [3.63, 3.8) is 0 Å². The summed E-state index contributed by atoms with van der Waals surface area (Å²) in [4.78, 5) is 0.692. The number of hydrogen-bond acceptors (Lipinski definition) is 5.